The molecule has 0 aliphatic heterocycles. The lowest BCUT2D eigenvalue weighted by atomic mass is 10.0. The van der Waals surface area contributed by atoms with Crippen molar-refractivity contribution >= 4 is 10.8 Å². The molecule has 31 heavy (non-hydrogen) atoms. The molecule has 0 amide bonds. The van der Waals surface area contributed by atoms with E-state index < -0.39 is 5.82 Å². The number of hydrogen-bond donors (Lipinski definition) is 0. The third-order valence-electron chi connectivity index (χ3n) is 5.42. The van der Waals surface area contributed by atoms with Crippen LogP contribution in [0.25, 0.3) is 44.2 Å². The van der Waals surface area contributed by atoms with Crippen molar-refractivity contribution in [3.8, 4) is 45.8 Å². The van der Waals surface area contributed by atoms with Crippen molar-refractivity contribution < 1.29 is 4.39 Å². The molecular weight excluding hydrogens is 387 g/mol. The van der Waals surface area contributed by atoms with Gasteiger partial charge in [0.1, 0.15) is 5.82 Å². The smallest absolute Gasteiger partial charge is 0.206 e. The van der Waals surface area contributed by atoms with Gasteiger partial charge in [-0.25, -0.2) is 4.39 Å². The van der Waals surface area contributed by atoms with Gasteiger partial charge >= 0.3 is 0 Å². The Kier molecular flexibility index (Phi) is 4.36. The molecule has 144 valence electrons. The van der Waals surface area contributed by atoms with E-state index >= 15 is 0 Å². The summed E-state index contributed by atoms with van der Waals surface area (Å²) in [4.78, 5) is 8.27. The van der Waals surface area contributed by atoms with Crippen molar-refractivity contribution in [2.75, 3.05) is 0 Å². The van der Waals surface area contributed by atoms with Crippen LogP contribution in [0.4, 0.5) is 4.39 Å². The zero-order valence-electron chi connectivity index (χ0n) is 16.2. The summed E-state index contributed by atoms with van der Waals surface area (Å²) in [5, 5.41) is 21.1. The van der Waals surface area contributed by atoms with Gasteiger partial charge in [-0.2, -0.15) is 20.5 Å². The van der Waals surface area contributed by atoms with Crippen molar-refractivity contribution in [3.63, 3.8) is 0 Å². The molecule has 3 aromatic rings. The van der Waals surface area contributed by atoms with E-state index in [1.54, 1.807) is 6.07 Å². The highest BCUT2D eigenvalue weighted by Crippen LogP contribution is 2.43. The molecule has 0 saturated heterocycles. The van der Waals surface area contributed by atoms with Crippen molar-refractivity contribution in [1.82, 2.24) is 0 Å². The van der Waals surface area contributed by atoms with Crippen LogP contribution in [0.3, 0.4) is 0 Å². The first-order valence-corrected chi connectivity index (χ1v) is 9.59. The third kappa shape index (κ3) is 2.80. The summed E-state index contributed by atoms with van der Waals surface area (Å²) in [5.41, 5.74) is 4.70. The molecule has 0 fully saturated rings. The van der Waals surface area contributed by atoms with Crippen LogP contribution in [0.1, 0.15) is 0 Å². The predicted octanol–water partition coefficient (Wildman–Crippen LogP) is 5.06. The Labute approximate surface area is 177 Å². The van der Waals surface area contributed by atoms with Crippen molar-refractivity contribution in [3.05, 3.63) is 95.4 Å². The monoisotopic (exact) mass is 400 g/mol. The number of fused-ring (bicyclic) bond motifs is 3. The molecule has 0 bridgehead atoms. The number of nitrogens with zero attached hydrogens (tertiary/aromatic N) is 4. The number of hydrogen-bond acceptors (Lipinski definition) is 4. The summed E-state index contributed by atoms with van der Waals surface area (Å²) < 4.78 is 14.2. The van der Waals surface area contributed by atoms with Gasteiger partial charge in [0.05, 0.1) is 10.7 Å². The molecule has 0 unspecified atom stereocenters. The minimum atomic E-state index is -0.404. The SMILES string of the molecule is N#CN=c1c(-c2ccccc2)c2c(=NC#N)c3cc(F)ccc3c-2c1-c1ccccc1. The van der Waals surface area contributed by atoms with Crippen LogP contribution in [0.2, 0.25) is 0 Å². The van der Waals surface area contributed by atoms with Crippen molar-refractivity contribution in [1.29, 1.82) is 10.5 Å². The van der Waals surface area contributed by atoms with E-state index in [0.29, 0.717) is 27.2 Å². The molecule has 0 N–H and O–H groups in total. The van der Waals surface area contributed by atoms with Crippen LogP contribution in [-0.2, 0) is 0 Å². The van der Waals surface area contributed by atoms with Crippen LogP contribution in [0.5, 0.6) is 0 Å². The minimum Gasteiger partial charge on any atom is -0.207 e. The third-order valence-corrected chi connectivity index (χ3v) is 5.42. The summed E-state index contributed by atoms with van der Waals surface area (Å²) in [6.45, 7) is 0. The van der Waals surface area contributed by atoms with Crippen LogP contribution in [-0.4, -0.2) is 0 Å². The Morgan fingerprint density at radius 3 is 1.71 bits per heavy atom. The maximum Gasteiger partial charge on any atom is 0.206 e. The van der Waals surface area contributed by atoms with E-state index in [4.69, 9.17) is 0 Å². The topological polar surface area (TPSA) is 72.3 Å². The maximum absolute atomic E-state index is 14.2. The van der Waals surface area contributed by atoms with Crippen molar-refractivity contribution in [2.24, 2.45) is 9.98 Å². The largest absolute Gasteiger partial charge is 0.207 e. The van der Waals surface area contributed by atoms with Gasteiger partial charge < -0.3 is 0 Å². The minimum absolute atomic E-state index is 0.391. The first kappa shape index (κ1) is 18.4. The Bertz CT molecular complexity index is 1590. The highest BCUT2D eigenvalue weighted by Gasteiger charge is 2.29. The molecule has 3 aromatic carbocycles. The molecule has 0 aromatic heterocycles. The molecule has 4 nitrogen and oxygen atoms in total. The maximum atomic E-state index is 14.2. The Morgan fingerprint density at radius 2 is 1.13 bits per heavy atom. The molecule has 2 aliphatic rings. The molecule has 0 saturated carbocycles. The predicted molar refractivity (Wildman–Crippen MR) is 116 cm³/mol. The first-order chi connectivity index (χ1) is 15.2. The van der Waals surface area contributed by atoms with E-state index in [0.717, 1.165) is 27.6 Å². The highest BCUT2D eigenvalue weighted by molar-refractivity contribution is 6.13. The van der Waals surface area contributed by atoms with Gasteiger partial charge in [0, 0.05) is 27.6 Å². The second-order valence-corrected chi connectivity index (χ2v) is 7.04. The fraction of sp³-hybridized carbons (Fsp3) is 0. The summed E-state index contributed by atoms with van der Waals surface area (Å²) in [7, 11) is 0. The first-order valence-electron chi connectivity index (χ1n) is 9.59. The molecule has 0 spiro atoms. The number of rotatable bonds is 2. The highest BCUT2D eigenvalue weighted by atomic mass is 19.1. The molecule has 0 atom stereocenters. The van der Waals surface area contributed by atoms with E-state index in [9.17, 15) is 14.9 Å². The van der Waals surface area contributed by atoms with Gasteiger partial charge in [-0.05, 0) is 28.6 Å². The number of halogens is 1. The zero-order valence-corrected chi connectivity index (χ0v) is 16.2. The number of nitriles is 2. The van der Waals surface area contributed by atoms with Crippen LogP contribution in [0.15, 0.2) is 88.8 Å². The fourth-order valence-corrected chi connectivity index (χ4v) is 4.28. The summed E-state index contributed by atoms with van der Waals surface area (Å²) >= 11 is 0. The quantitative estimate of drug-likeness (QED) is 0.389. The molecular formula is C26H13FN4. The average Bonchev–Trinajstić information content (AvgIpc) is 3.28. The van der Waals surface area contributed by atoms with E-state index in [-0.39, 0.29) is 0 Å². The normalized spacial score (nSPS) is 12.4. The second kappa shape index (κ2) is 7.33. The zero-order chi connectivity index (χ0) is 21.4. The molecule has 5 rings (SSSR count). The molecule has 5 heteroatoms. The van der Waals surface area contributed by atoms with Crippen LogP contribution in [0, 0.1) is 28.7 Å². The average molecular weight is 400 g/mol. The molecule has 0 heterocycles. The standard InChI is InChI=1S/C26H13FN4/c27-18-11-12-19-20(13-18)25(30-14-28)24-22(17-9-5-2-6-10-17)26(31-15-29)21(23(19)24)16-7-3-1-4-8-16/h1-13H. The van der Waals surface area contributed by atoms with Gasteiger partial charge in [-0.1, -0.05) is 66.7 Å². The van der Waals surface area contributed by atoms with Gasteiger partial charge in [-0.15, -0.1) is 0 Å². The summed E-state index contributed by atoms with van der Waals surface area (Å²) in [6.07, 6.45) is 3.79. The lowest BCUT2D eigenvalue weighted by Crippen LogP contribution is -2.07. The van der Waals surface area contributed by atoms with E-state index in [1.165, 1.54) is 12.1 Å². The van der Waals surface area contributed by atoms with Gasteiger partial charge in [-0.3, -0.25) is 0 Å². The van der Waals surface area contributed by atoms with E-state index in [2.05, 4.69) is 9.98 Å². The number of benzene rings is 3. The fourth-order valence-electron chi connectivity index (χ4n) is 4.28. The van der Waals surface area contributed by atoms with E-state index in [1.807, 2.05) is 73.0 Å². The Morgan fingerprint density at radius 1 is 0.581 bits per heavy atom. The lowest BCUT2D eigenvalue weighted by molar-refractivity contribution is 0.629. The lowest BCUT2D eigenvalue weighted by Gasteiger charge is -2.02. The van der Waals surface area contributed by atoms with Crippen molar-refractivity contribution in [2.45, 2.75) is 0 Å². The Balaban J connectivity index is 2.12. The summed E-state index contributed by atoms with van der Waals surface area (Å²) in [6, 6.07) is 23.7. The van der Waals surface area contributed by atoms with Crippen LogP contribution >= 0.6 is 0 Å². The second-order valence-electron chi connectivity index (χ2n) is 7.04. The van der Waals surface area contributed by atoms with Gasteiger partial charge in [0.2, 0.25) is 12.4 Å². The molecule has 2 aliphatic carbocycles. The molecule has 0 radical (unpaired) electrons. The van der Waals surface area contributed by atoms with Crippen LogP contribution < -0.4 is 10.7 Å². The Hall–Kier alpha value is -4.61. The summed E-state index contributed by atoms with van der Waals surface area (Å²) in [5.74, 6) is -0.404. The van der Waals surface area contributed by atoms with Gasteiger partial charge in [0.25, 0.3) is 0 Å². The van der Waals surface area contributed by atoms with Gasteiger partial charge in [0.15, 0.2) is 0 Å².